The van der Waals surface area contributed by atoms with Gasteiger partial charge in [-0.3, -0.25) is 14.5 Å². The maximum absolute atomic E-state index is 13.3. The van der Waals surface area contributed by atoms with Crippen LogP contribution < -0.4 is 9.47 Å². The van der Waals surface area contributed by atoms with Gasteiger partial charge in [0.1, 0.15) is 6.61 Å². The van der Waals surface area contributed by atoms with Gasteiger partial charge in [-0.15, -0.1) is 0 Å². The van der Waals surface area contributed by atoms with Gasteiger partial charge in [0.2, 0.25) is 0 Å². The summed E-state index contributed by atoms with van der Waals surface area (Å²) >= 11 is 4.49. The fraction of sp³-hybridized carbons (Fsp3) is 0.129. The van der Waals surface area contributed by atoms with E-state index in [0.717, 1.165) is 33.7 Å². The number of hydrogen-bond donors (Lipinski definition) is 0. The Morgan fingerprint density at radius 2 is 1.67 bits per heavy atom. The maximum Gasteiger partial charge on any atom is 0.293 e. The first kappa shape index (κ1) is 26.5. The van der Waals surface area contributed by atoms with Gasteiger partial charge in [0.15, 0.2) is 11.5 Å². The predicted molar refractivity (Wildman–Crippen MR) is 156 cm³/mol. The van der Waals surface area contributed by atoms with Crippen molar-refractivity contribution in [2.45, 2.75) is 20.1 Å². The molecule has 1 fully saturated rings. The first-order chi connectivity index (χ1) is 19.0. The van der Waals surface area contributed by atoms with Crippen molar-refractivity contribution in [1.29, 1.82) is 5.26 Å². The Bertz CT molecular complexity index is 1660. The lowest BCUT2D eigenvalue weighted by atomic mass is 10.0. The van der Waals surface area contributed by atoms with E-state index >= 15 is 0 Å². The number of amides is 2. The number of ether oxygens (including phenoxy) is 2. The lowest BCUT2D eigenvalue weighted by Gasteiger charge is -2.15. The predicted octanol–water partition coefficient (Wildman–Crippen LogP) is 7.69. The monoisotopic (exact) mass is 598 g/mol. The summed E-state index contributed by atoms with van der Waals surface area (Å²) in [6, 6.07) is 26.8. The zero-order chi connectivity index (χ0) is 27.4. The van der Waals surface area contributed by atoms with Crippen molar-refractivity contribution in [1.82, 2.24) is 4.90 Å². The second-order valence-corrected chi connectivity index (χ2v) is 10.6. The zero-order valence-corrected chi connectivity index (χ0v) is 23.4. The van der Waals surface area contributed by atoms with Crippen molar-refractivity contribution < 1.29 is 19.1 Å². The third-order valence-corrected chi connectivity index (χ3v) is 7.85. The van der Waals surface area contributed by atoms with E-state index in [2.05, 4.69) is 22.0 Å². The van der Waals surface area contributed by atoms with Crippen molar-refractivity contribution in [2.75, 3.05) is 6.61 Å². The van der Waals surface area contributed by atoms with Crippen LogP contribution in [-0.4, -0.2) is 22.7 Å². The summed E-state index contributed by atoms with van der Waals surface area (Å²) in [5.74, 6) is 0.658. The number of halogens is 1. The van der Waals surface area contributed by atoms with Crippen molar-refractivity contribution >= 4 is 55.7 Å². The standard InChI is InChI=1S/C31H23BrN2O4S/c1-2-37-27-14-24(26(32)16-28(27)38-19-23-10-4-3-9-21(23)17-33)15-29-30(35)34(31(36)39-29)18-22-12-7-11-20-8-5-6-13-25(20)22/h3-16H,2,18-19H2,1H3/b29-15+. The van der Waals surface area contributed by atoms with Crippen LogP contribution in [0.15, 0.2) is 88.2 Å². The molecule has 1 aliphatic heterocycles. The summed E-state index contributed by atoms with van der Waals surface area (Å²) in [5, 5.41) is 11.1. The summed E-state index contributed by atoms with van der Waals surface area (Å²) in [5.41, 5.74) is 2.91. The highest BCUT2D eigenvalue weighted by Gasteiger charge is 2.35. The maximum atomic E-state index is 13.3. The minimum atomic E-state index is -0.337. The number of hydrogen-bond acceptors (Lipinski definition) is 6. The van der Waals surface area contributed by atoms with E-state index in [1.165, 1.54) is 4.90 Å². The lowest BCUT2D eigenvalue weighted by molar-refractivity contribution is -0.123. The zero-order valence-electron chi connectivity index (χ0n) is 21.0. The molecule has 1 saturated heterocycles. The summed E-state index contributed by atoms with van der Waals surface area (Å²) in [6.07, 6.45) is 1.69. The molecule has 0 aliphatic carbocycles. The molecule has 0 saturated carbocycles. The highest BCUT2D eigenvalue weighted by Crippen LogP contribution is 2.39. The van der Waals surface area contributed by atoms with E-state index in [1.54, 1.807) is 24.3 Å². The normalized spacial score (nSPS) is 14.2. The summed E-state index contributed by atoms with van der Waals surface area (Å²) in [6.45, 7) is 2.68. The van der Waals surface area contributed by atoms with Gasteiger partial charge in [-0.05, 0) is 64.9 Å². The van der Waals surface area contributed by atoms with Gasteiger partial charge in [-0.25, -0.2) is 0 Å². The van der Waals surface area contributed by atoms with Crippen molar-refractivity contribution in [3.05, 3.63) is 110 Å². The number of carbonyl (C=O) groups excluding carboxylic acids is 2. The molecule has 0 atom stereocenters. The van der Waals surface area contributed by atoms with Crippen molar-refractivity contribution in [2.24, 2.45) is 0 Å². The number of carbonyl (C=O) groups is 2. The van der Waals surface area contributed by atoms with E-state index < -0.39 is 0 Å². The van der Waals surface area contributed by atoms with Crippen molar-refractivity contribution in [3.63, 3.8) is 0 Å². The van der Waals surface area contributed by atoms with Crippen LogP contribution in [0.2, 0.25) is 0 Å². The SMILES string of the molecule is CCOc1cc(/C=C2/SC(=O)N(Cc3cccc4ccccc34)C2=O)c(Br)cc1OCc1ccccc1C#N. The third kappa shape index (κ3) is 5.70. The summed E-state index contributed by atoms with van der Waals surface area (Å²) in [4.78, 5) is 27.8. The van der Waals surface area contributed by atoms with Crippen LogP contribution in [0.25, 0.3) is 16.8 Å². The molecule has 0 unspecified atom stereocenters. The van der Waals surface area contributed by atoms with Crippen LogP contribution in [-0.2, 0) is 17.9 Å². The Labute approximate surface area is 239 Å². The van der Waals surface area contributed by atoms with E-state index in [-0.39, 0.29) is 24.3 Å². The molecule has 0 N–H and O–H groups in total. The number of nitriles is 1. The molecule has 1 heterocycles. The van der Waals surface area contributed by atoms with E-state index in [1.807, 2.05) is 67.6 Å². The number of rotatable bonds is 8. The Morgan fingerprint density at radius 1 is 0.949 bits per heavy atom. The van der Waals surface area contributed by atoms with E-state index in [4.69, 9.17) is 9.47 Å². The molecule has 6 nitrogen and oxygen atoms in total. The minimum Gasteiger partial charge on any atom is -0.490 e. The topological polar surface area (TPSA) is 79.6 Å². The quantitative estimate of drug-likeness (QED) is 0.193. The molecule has 0 aromatic heterocycles. The molecule has 194 valence electrons. The molecule has 2 amide bonds. The van der Waals surface area contributed by atoms with Crippen LogP contribution in [0.5, 0.6) is 11.5 Å². The molecule has 4 aromatic carbocycles. The molecule has 8 heteroatoms. The second kappa shape index (κ2) is 11.8. The van der Waals surface area contributed by atoms with Crippen LogP contribution in [0.4, 0.5) is 4.79 Å². The molecule has 0 radical (unpaired) electrons. The number of imide groups is 1. The number of benzene rings is 4. The van der Waals surface area contributed by atoms with Gasteiger partial charge in [-0.1, -0.05) is 76.6 Å². The van der Waals surface area contributed by atoms with Crippen LogP contribution in [0, 0.1) is 11.3 Å². The molecule has 0 bridgehead atoms. The average Bonchev–Trinajstić information content (AvgIpc) is 3.21. The number of fused-ring (bicyclic) bond motifs is 1. The summed E-state index contributed by atoms with van der Waals surface area (Å²) < 4.78 is 12.5. The minimum absolute atomic E-state index is 0.197. The molecular weight excluding hydrogens is 576 g/mol. The lowest BCUT2D eigenvalue weighted by Crippen LogP contribution is -2.27. The highest BCUT2D eigenvalue weighted by molar-refractivity contribution is 9.10. The first-order valence-electron chi connectivity index (χ1n) is 12.3. The van der Waals surface area contributed by atoms with Gasteiger partial charge in [0.05, 0.1) is 29.7 Å². The fourth-order valence-electron chi connectivity index (χ4n) is 4.33. The highest BCUT2D eigenvalue weighted by atomic mass is 79.9. The Balaban J connectivity index is 1.39. The second-order valence-electron chi connectivity index (χ2n) is 8.72. The largest absolute Gasteiger partial charge is 0.490 e. The summed E-state index contributed by atoms with van der Waals surface area (Å²) in [7, 11) is 0. The van der Waals surface area contributed by atoms with Crippen LogP contribution >= 0.6 is 27.7 Å². The third-order valence-electron chi connectivity index (χ3n) is 6.25. The molecule has 0 spiro atoms. The van der Waals surface area contributed by atoms with Gasteiger partial charge in [0.25, 0.3) is 11.1 Å². The van der Waals surface area contributed by atoms with Crippen LogP contribution in [0.3, 0.4) is 0 Å². The average molecular weight is 600 g/mol. The van der Waals surface area contributed by atoms with Gasteiger partial charge >= 0.3 is 0 Å². The molecule has 5 rings (SSSR count). The molecular formula is C31H23BrN2O4S. The van der Waals surface area contributed by atoms with Gasteiger partial charge in [0, 0.05) is 10.0 Å². The van der Waals surface area contributed by atoms with Gasteiger partial charge in [-0.2, -0.15) is 5.26 Å². The molecule has 4 aromatic rings. The Kier molecular flexibility index (Phi) is 8.01. The smallest absolute Gasteiger partial charge is 0.293 e. The first-order valence-corrected chi connectivity index (χ1v) is 13.9. The number of thioether (sulfide) groups is 1. The Hall–Kier alpha value is -4.06. The van der Waals surface area contributed by atoms with Crippen LogP contribution in [0.1, 0.15) is 29.2 Å². The Morgan fingerprint density at radius 3 is 2.49 bits per heavy atom. The van der Waals surface area contributed by atoms with E-state index in [9.17, 15) is 14.9 Å². The number of nitrogens with zero attached hydrogens (tertiary/aromatic N) is 2. The molecule has 39 heavy (non-hydrogen) atoms. The van der Waals surface area contributed by atoms with Gasteiger partial charge < -0.3 is 9.47 Å². The van der Waals surface area contributed by atoms with E-state index in [0.29, 0.717) is 38.6 Å². The fourth-order valence-corrected chi connectivity index (χ4v) is 5.60. The molecule has 1 aliphatic rings. The van der Waals surface area contributed by atoms with Crippen molar-refractivity contribution in [3.8, 4) is 17.6 Å².